The molecule has 0 amide bonds. The normalized spacial score (nSPS) is 11.6. The van der Waals surface area contributed by atoms with Gasteiger partial charge in [-0.05, 0) is 26.0 Å². The maximum atomic E-state index is 12.3. The Morgan fingerprint density at radius 2 is 1.79 bits per heavy atom. The smallest absolute Gasteiger partial charge is 0.266 e. The molecule has 2 aromatic rings. The number of hydrogen-bond donors (Lipinski definition) is 1. The predicted octanol–water partition coefficient (Wildman–Crippen LogP) is 2.49. The van der Waals surface area contributed by atoms with Crippen LogP contribution in [0, 0.1) is 13.8 Å². The largest absolute Gasteiger partial charge is 0.279 e. The minimum absolute atomic E-state index is 0.0113. The molecule has 0 bridgehead atoms. The molecule has 0 saturated heterocycles. The van der Waals surface area contributed by atoms with Gasteiger partial charge in [0.25, 0.3) is 10.0 Å². The van der Waals surface area contributed by atoms with Crippen molar-refractivity contribution in [3.63, 3.8) is 0 Å². The van der Waals surface area contributed by atoms with E-state index in [0.29, 0.717) is 11.4 Å². The van der Waals surface area contributed by atoms with E-state index in [2.05, 4.69) is 9.82 Å². The van der Waals surface area contributed by atoms with Crippen LogP contribution in [0.15, 0.2) is 29.2 Å². The van der Waals surface area contributed by atoms with Crippen molar-refractivity contribution in [2.75, 3.05) is 4.72 Å². The van der Waals surface area contributed by atoms with E-state index in [-0.39, 0.29) is 10.0 Å². The van der Waals surface area contributed by atoms with Gasteiger partial charge in [-0.25, -0.2) is 8.42 Å². The molecule has 0 aliphatic heterocycles. The Bertz CT molecular complexity index is 705. The molecule has 19 heavy (non-hydrogen) atoms. The van der Waals surface area contributed by atoms with Gasteiger partial charge in [0.2, 0.25) is 0 Å². The molecule has 0 aliphatic carbocycles. The SMILES string of the molecule is Cc1ccc(NS(=O)(=O)c2c(C)nn(C)c2Cl)cc1. The predicted molar refractivity (Wildman–Crippen MR) is 74.9 cm³/mol. The van der Waals surface area contributed by atoms with Crippen LogP contribution in [0.4, 0.5) is 5.69 Å². The maximum Gasteiger partial charge on any atom is 0.266 e. The van der Waals surface area contributed by atoms with Crippen LogP contribution in [0.2, 0.25) is 5.15 Å². The zero-order valence-electron chi connectivity index (χ0n) is 10.8. The van der Waals surface area contributed by atoms with Crippen molar-refractivity contribution < 1.29 is 8.42 Å². The topological polar surface area (TPSA) is 64.0 Å². The van der Waals surface area contributed by atoms with Crippen molar-refractivity contribution >= 4 is 27.3 Å². The van der Waals surface area contributed by atoms with Gasteiger partial charge in [-0.3, -0.25) is 9.40 Å². The van der Waals surface area contributed by atoms with E-state index >= 15 is 0 Å². The van der Waals surface area contributed by atoms with Crippen LogP contribution in [0.1, 0.15) is 11.3 Å². The van der Waals surface area contributed by atoms with Crippen LogP contribution in [-0.2, 0) is 17.1 Å². The number of benzene rings is 1. The van der Waals surface area contributed by atoms with Gasteiger partial charge in [-0.2, -0.15) is 5.10 Å². The highest BCUT2D eigenvalue weighted by Gasteiger charge is 2.25. The number of aryl methyl sites for hydroxylation is 3. The Morgan fingerprint density at radius 1 is 1.21 bits per heavy atom. The van der Waals surface area contributed by atoms with Crippen molar-refractivity contribution in [1.82, 2.24) is 9.78 Å². The zero-order valence-corrected chi connectivity index (χ0v) is 12.4. The average molecular weight is 300 g/mol. The summed E-state index contributed by atoms with van der Waals surface area (Å²) >= 11 is 5.97. The first-order valence-corrected chi connectivity index (χ1v) is 7.46. The van der Waals surface area contributed by atoms with Crippen molar-refractivity contribution in [3.8, 4) is 0 Å². The van der Waals surface area contributed by atoms with Gasteiger partial charge >= 0.3 is 0 Å². The second kappa shape index (κ2) is 4.86. The summed E-state index contributed by atoms with van der Waals surface area (Å²) in [6, 6.07) is 7.06. The van der Waals surface area contributed by atoms with Crippen LogP contribution < -0.4 is 4.72 Å². The number of nitrogens with one attached hydrogen (secondary N) is 1. The minimum atomic E-state index is -3.73. The monoisotopic (exact) mass is 299 g/mol. The van der Waals surface area contributed by atoms with E-state index in [1.165, 1.54) is 4.68 Å². The standard InChI is InChI=1S/C12H14ClN3O2S/c1-8-4-6-10(7-5-8)15-19(17,18)11-9(2)14-16(3)12(11)13/h4-7,15H,1-3H3. The first-order valence-electron chi connectivity index (χ1n) is 5.60. The Labute approximate surface area is 117 Å². The van der Waals surface area contributed by atoms with Crippen LogP contribution in [0.25, 0.3) is 0 Å². The molecule has 0 fully saturated rings. The highest BCUT2D eigenvalue weighted by Crippen LogP contribution is 2.26. The number of rotatable bonds is 3. The van der Waals surface area contributed by atoms with Crippen LogP contribution in [0.5, 0.6) is 0 Å². The molecule has 1 heterocycles. The second-order valence-electron chi connectivity index (χ2n) is 4.30. The van der Waals surface area contributed by atoms with Gasteiger partial charge in [0, 0.05) is 12.7 Å². The third-order valence-electron chi connectivity index (χ3n) is 2.67. The first kappa shape index (κ1) is 13.9. The van der Waals surface area contributed by atoms with E-state index in [0.717, 1.165) is 5.56 Å². The minimum Gasteiger partial charge on any atom is -0.279 e. The highest BCUT2D eigenvalue weighted by atomic mass is 35.5. The van der Waals surface area contributed by atoms with Crippen molar-refractivity contribution in [2.45, 2.75) is 18.7 Å². The molecule has 1 N–H and O–H groups in total. The lowest BCUT2D eigenvalue weighted by atomic mass is 10.2. The number of halogens is 1. The molecule has 0 saturated carbocycles. The number of hydrogen-bond acceptors (Lipinski definition) is 3. The molecule has 1 aromatic heterocycles. The van der Waals surface area contributed by atoms with Gasteiger partial charge in [0.1, 0.15) is 10.0 Å². The van der Waals surface area contributed by atoms with Crippen molar-refractivity contribution in [2.24, 2.45) is 7.05 Å². The van der Waals surface area contributed by atoms with E-state index in [1.54, 1.807) is 26.1 Å². The molecule has 0 aliphatic rings. The van der Waals surface area contributed by atoms with Gasteiger partial charge in [0.15, 0.2) is 0 Å². The maximum absolute atomic E-state index is 12.3. The molecule has 0 atom stereocenters. The van der Waals surface area contributed by atoms with Crippen LogP contribution in [0.3, 0.4) is 0 Å². The number of aromatic nitrogens is 2. The summed E-state index contributed by atoms with van der Waals surface area (Å²) in [5.74, 6) is 0. The number of nitrogens with zero attached hydrogens (tertiary/aromatic N) is 2. The lowest BCUT2D eigenvalue weighted by Gasteiger charge is -2.08. The fraction of sp³-hybridized carbons (Fsp3) is 0.250. The summed E-state index contributed by atoms with van der Waals surface area (Å²) in [6.45, 7) is 3.54. The average Bonchev–Trinajstić information content (AvgIpc) is 2.56. The van der Waals surface area contributed by atoms with E-state index in [4.69, 9.17) is 11.6 Å². The number of anilines is 1. The molecule has 2 rings (SSSR count). The Morgan fingerprint density at radius 3 is 2.26 bits per heavy atom. The molecule has 0 spiro atoms. The molecular formula is C12H14ClN3O2S. The number of sulfonamides is 1. The molecule has 102 valence electrons. The van der Waals surface area contributed by atoms with Crippen molar-refractivity contribution in [3.05, 3.63) is 40.7 Å². The second-order valence-corrected chi connectivity index (χ2v) is 6.28. The van der Waals surface area contributed by atoms with Gasteiger partial charge in [0.05, 0.1) is 5.69 Å². The third kappa shape index (κ3) is 2.74. The summed E-state index contributed by atoms with van der Waals surface area (Å²) in [6.07, 6.45) is 0. The Balaban J connectivity index is 2.40. The van der Waals surface area contributed by atoms with Gasteiger partial charge in [-0.15, -0.1) is 0 Å². The van der Waals surface area contributed by atoms with E-state index in [1.807, 2.05) is 19.1 Å². The first-order chi connectivity index (χ1) is 8.81. The summed E-state index contributed by atoms with van der Waals surface area (Å²) in [5.41, 5.74) is 1.91. The molecule has 7 heteroatoms. The van der Waals surface area contributed by atoms with Gasteiger partial charge in [-0.1, -0.05) is 29.3 Å². The molecular weight excluding hydrogens is 286 g/mol. The molecule has 0 unspecified atom stereocenters. The quantitative estimate of drug-likeness (QED) is 0.947. The molecule has 5 nitrogen and oxygen atoms in total. The highest BCUT2D eigenvalue weighted by molar-refractivity contribution is 7.92. The molecule has 0 radical (unpaired) electrons. The Kier molecular flexibility index (Phi) is 3.56. The van der Waals surface area contributed by atoms with E-state index < -0.39 is 10.0 Å². The Hall–Kier alpha value is -1.53. The van der Waals surface area contributed by atoms with Crippen molar-refractivity contribution in [1.29, 1.82) is 0 Å². The summed E-state index contributed by atoms with van der Waals surface area (Å²) in [5, 5.41) is 4.09. The zero-order chi connectivity index (χ0) is 14.2. The molecule has 1 aromatic carbocycles. The van der Waals surface area contributed by atoms with Crippen LogP contribution >= 0.6 is 11.6 Å². The lowest BCUT2D eigenvalue weighted by molar-refractivity contribution is 0.600. The third-order valence-corrected chi connectivity index (χ3v) is 4.75. The fourth-order valence-corrected chi connectivity index (χ4v) is 3.55. The summed E-state index contributed by atoms with van der Waals surface area (Å²) < 4.78 is 28.4. The lowest BCUT2D eigenvalue weighted by Crippen LogP contribution is -2.14. The fourth-order valence-electron chi connectivity index (χ4n) is 1.74. The summed E-state index contributed by atoms with van der Waals surface area (Å²) in [7, 11) is -2.13. The van der Waals surface area contributed by atoms with E-state index in [9.17, 15) is 8.42 Å². The summed E-state index contributed by atoms with van der Waals surface area (Å²) in [4.78, 5) is 0.0113. The van der Waals surface area contributed by atoms with Crippen LogP contribution in [-0.4, -0.2) is 18.2 Å². The van der Waals surface area contributed by atoms with Gasteiger partial charge < -0.3 is 0 Å².